The number of imidazole rings is 1. The molecule has 19 heavy (non-hydrogen) atoms. The van der Waals surface area contributed by atoms with Gasteiger partial charge in [0.25, 0.3) is 0 Å². The first-order chi connectivity index (χ1) is 8.89. The number of esters is 1. The van der Waals surface area contributed by atoms with Crippen LogP contribution < -0.4 is 0 Å². The van der Waals surface area contributed by atoms with E-state index in [2.05, 4.69) is 4.98 Å². The van der Waals surface area contributed by atoms with Gasteiger partial charge < -0.3 is 4.74 Å². The summed E-state index contributed by atoms with van der Waals surface area (Å²) in [5, 5.41) is 0. The van der Waals surface area contributed by atoms with E-state index in [-0.39, 0.29) is 0 Å². The number of nitrogens with zero attached hydrogens (tertiary/aromatic N) is 3. The lowest BCUT2D eigenvalue weighted by Gasteiger charge is -2.23. The molecule has 2 rings (SSSR count). The van der Waals surface area contributed by atoms with Crippen LogP contribution in [0.5, 0.6) is 0 Å². The highest BCUT2D eigenvalue weighted by atomic mass is 32.2. The molecule has 8 heteroatoms. The third kappa shape index (κ3) is 2.25. The number of ether oxygens (including phenoxy) is 1. The Bertz CT molecular complexity index is 591. The molecule has 1 atom stereocenters. The fourth-order valence-electron chi connectivity index (χ4n) is 2.27. The Morgan fingerprint density at radius 1 is 1.53 bits per heavy atom. The average molecular weight is 287 g/mol. The molecule has 0 bridgehead atoms. The van der Waals surface area contributed by atoms with Crippen LogP contribution in [-0.4, -0.2) is 48.9 Å². The predicted octanol–water partition coefficient (Wildman–Crippen LogP) is 0.131. The van der Waals surface area contributed by atoms with Crippen molar-refractivity contribution in [2.75, 3.05) is 21.2 Å². The lowest BCUT2D eigenvalue weighted by Crippen LogP contribution is -2.32. The standard InChI is InChI=1S/C11H17N3O4S/c1-13(2)19(16,17)14-7-12-9-6-4-5-8(10(9)14)11(15)18-3/h7-8H,4-6H2,1-3H3. The van der Waals surface area contributed by atoms with E-state index in [1.807, 2.05) is 0 Å². The molecule has 1 heterocycles. The van der Waals surface area contributed by atoms with Gasteiger partial charge in [-0.05, 0) is 19.3 Å². The molecule has 0 fully saturated rings. The fourth-order valence-corrected chi connectivity index (χ4v) is 3.27. The highest BCUT2D eigenvalue weighted by Crippen LogP contribution is 2.32. The summed E-state index contributed by atoms with van der Waals surface area (Å²) in [6.07, 6.45) is 3.32. The number of carbonyl (C=O) groups excluding carboxylic acids is 1. The summed E-state index contributed by atoms with van der Waals surface area (Å²) in [6, 6.07) is 0. The molecular weight excluding hydrogens is 270 g/mol. The lowest BCUT2D eigenvalue weighted by molar-refractivity contribution is -0.142. The van der Waals surface area contributed by atoms with E-state index in [1.54, 1.807) is 0 Å². The molecule has 0 spiro atoms. The first-order valence-electron chi connectivity index (χ1n) is 5.96. The molecule has 1 aromatic heterocycles. The van der Waals surface area contributed by atoms with Gasteiger partial charge in [-0.15, -0.1) is 0 Å². The first-order valence-corrected chi connectivity index (χ1v) is 7.36. The van der Waals surface area contributed by atoms with Crippen molar-refractivity contribution in [2.45, 2.75) is 25.2 Å². The molecule has 7 nitrogen and oxygen atoms in total. The normalized spacial score (nSPS) is 19.3. The van der Waals surface area contributed by atoms with E-state index >= 15 is 0 Å². The SMILES string of the molecule is COC(=O)C1CCCc2ncn(S(=O)(=O)N(C)C)c21. The number of aryl methyl sites for hydroxylation is 1. The second-order valence-corrected chi connectivity index (χ2v) is 6.65. The van der Waals surface area contributed by atoms with Gasteiger partial charge in [-0.2, -0.15) is 12.7 Å². The van der Waals surface area contributed by atoms with Gasteiger partial charge in [0.1, 0.15) is 12.2 Å². The Kier molecular flexibility index (Phi) is 3.64. The molecule has 1 aliphatic rings. The average Bonchev–Trinajstić information content (AvgIpc) is 2.81. The van der Waals surface area contributed by atoms with E-state index in [1.165, 1.54) is 27.5 Å². The van der Waals surface area contributed by atoms with Gasteiger partial charge in [0, 0.05) is 14.1 Å². The summed E-state index contributed by atoms with van der Waals surface area (Å²) in [4.78, 5) is 15.9. The second kappa shape index (κ2) is 4.93. The van der Waals surface area contributed by atoms with Crippen LogP contribution in [0.2, 0.25) is 0 Å². The molecule has 1 unspecified atom stereocenters. The molecule has 0 N–H and O–H groups in total. The quantitative estimate of drug-likeness (QED) is 0.738. The maximum Gasteiger partial charge on any atom is 0.314 e. The van der Waals surface area contributed by atoms with E-state index < -0.39 is 22.1 Å². The number of rotatable bonds is 3. The van der Waals surface area contributed by atoms with Crippen molar-refractivity contribution in [3.05, 3.63) is 17.7 Å². The number of aromatic nitrogens is 2. The molecule has 106 valence electrons. The summed E-state index contributed by atoms with van der Waals surface area (Å²) in [5.74, 6) is -0.984. The van der Waals surface area contributed by atoms with Crippen LogP contribution in [0.25, 0.3) is 0 Å². The van der Waals surface area contributed by atoms with Crippen molar-refractivity contribution >= 4 is 16.2 Å². The Morgan fingerprint density at radius 3 is 2.79 bits per heavy atom. The highest BCUT2D eigenvalue weighted by Gasteiger charge is 2.35. The van der Waals surface area contributed by atoms with Gasteiger partial charge in [-0.1, -0.05) is 0 Å². The van der Waals surface area contributed by atoms with Gasteiger partial charge >= 0.3 is 16.2 Å². The molecule has 0 amide bonds. The molecule has 1 aliphatic carbocycles. The fraction of sp³-hybridized carbons (Fsp3) is 0.636. The molecule has 0 aromatic carbocycles. The van der Waals surface area contributed by atoms with Crippen molar-refractivity contribution in [1.82, 2.24) is 13.3 Å². The Balaban J connectivity index is 2.56. The minimum absolute atomic E-state index is 0.420. The largest absolute Gasteiger partial charge is 0.469 e. The second-order valence-electron chi connectivity index (χ2n) is 4.63. The van der Waals surface area contributed by atoms with Crippen LogP contribution in [0.4, 0.5) is 0 Å². The Morgan fingerprint density at radius 2 is 2.21 bits per heavy atom. The van der Waals surface area contributed by atoms with Gasteiger partial charge in [0.15, 0.2) is 0 Å². The Hall–Kier alpha value is -1.41. The monoisotopic (exact) mass is 287 g/mol. The third-order valence-corrected chi connectivity index (χ3v) is 4.99. The number of methoxy groups -OCH3 is 1. The maximum atomic E-state index is 12.2. The number of hydrogen-bond donors (Lipinski definition) is 0. The van der Waals surface area contributed by atoms with Crippen LogP contribution in [0.1, 0.15) is 30.1 Å². The first kappa shape index (κ1) is 14.0. The van der Waals surface area contributed by atoms with E-state index in [0.29, 0.717) is 24.2 Å². The van der Waals surface area contributed by atoms with Crippen LogP contribution in [0.15, 0.2) is 6.33 Å². The summed E-state index contributed by atoms with van der Waals surface area (Å²) in [6.45, 7) is 0. The van der Waals surface area contributed by atoms with Crippen molar-refractivity contribution in [2.24, 2.45) is 0 Å². The molecule has 1 aromatic rings. The number of carbonyl (C=O) groups is 1. The van der Waals surface area contributed by atoms with Crippen LogP contribution in [0.3, 0.4) is 0 Å². The zero-order valence-corrected chi connectivity index (χ0v) is 12.0. The highest BCUT2D eigenvalue weighted by molar-refractivity contribution is 7.87. The minimum atomic E-state index is -3.67. The van der Waals surface area contributed by atoms with Crippen LogP contribution in [-0.2, 0) is 26.2 Å². The Labute approximate surface area is 112 Å². The van der Waals surface area contributed by atoms with E-state index in [0.717, 1.165) is 14.7 Å². The zero-order valence-electron chi connectivity index (χ0n) is 11.2. The van der Waals surface area contributed by atoms with E-state index in [9.17, 15) is 13.2 Å². The summed E-state index contributed by atoms with van der Waals surface area (Å²) in [5.41, 5.74) is 1.10. The van der Waals surface area contributed by atoms with Crippen LogP contribution in [0, 0.1) is 0 Å². The smallest absolute Gasteiger partial charge is 0.314 e. The summed E-state index contributed by atoms with van der Waals surface area (Å²) < 4.78 is 31.4. The van der Waals surface area contributed by atoms with Crippen molar-refractivity contribution in [1.29, 1.82) is 0 Å². The molecule has 0 saturated carbocycles. The minimum Gasteiger partial charge on any atom is -0.469 e. The van der Waals surface area contributed by atoms with Gasteiger partial charge in [-0.3, -0.25) is 4.79 Å². The van der Waals surface area contributed by atoms with Crippen molar-refractivity contribution < 1.29 is 17.9 Å². The number of fused-ring (bicyclic) bond motifs is 1. The molecule has 0 aliphatic heterocycles. The van der Waals surface area contributed by atoms with Gasteiger partial charge in [-0.25, -0.2) is 8.96 Å². The topological polar surface area (TPSA) is 81.5 Å². The maximum absolute atomic E-state index is 12.2. The zero-order chi connectivity index (χ0) is 14.2. The van der Waals surface area contributed by atoms with Gasteiger partial charge in [0.05, 0.1) is 18.5 Å². The molecule has 0 saturated heterocycles. The molecule has 0 radical (unpaired) electrons. The number of hydrogen-bond acceptors (Lipinski definition) is 5. The summed E-state index contributed by atoms with van der Waals surface area (Å²) >= 11 is 0. The summed E-state index contributed by atoms with van der Waals surface area (Å²) in [7, 11) is 0.518. The van der Waals surface area contributed by atoms with Crippen molar-refractivity contribution in [3.8, 4) is 0 Å². The van der Waals surface area contributed by atoms with E-state index in [4.69, 9.17) is 4.74 Å². The van der Waals surface area contributed by atoms with Crippen LogP contribution >= 0.6 is 0 Å². The predicted molar refractivity (Wildman–Crippen MR) is 67.9 cm³/mol. The molecular formula is C11H17N3O4S. The lowest BCUT2D eigenvalue weighted by atomic mass is 9.90. The van der Waals surface area contributed by atoms with Gasteiger partial charge in [0.2, 0.25) is 0 Å². The third-order valence-electron chi connectivity index (χ3n) is 3.28. The van der Waals surface area contributed by atoms with Crippen molar-refractivity contribution in [3.63, 3.8) is 0 Å².